The van der Waals surface area contributed by atoms with E-state index in [1.165, 1.54) is 0 Å². The van der Waals surface area contributed by atoms with Crippen LogP contribution in [-0.2, 0) is 4.74 Å². The van der Waals surface area contributed by atoms with Gasteiger partial charge < -0.3 is 15.6 Å². The first kappa shape index (κ1) is 11.2. The average Bonchev–Trinajstić information content (AvgIpc) is 1.98. The molecule has 12 heavy (non-hydrogen) atoms. The molecule has 72 valence electrons. The molecule has 1 amide bonds. The van der Waals surface area contributed by atoms with Crippen LogP contribution in [0, 0.1) is 5.92 Å². The van der Waals surface area contributed by atoms with Gasteiger partial charge in [0.05, 0.1) is 0 Å². The number of carbonyl (C=O) groups excluding carboxylic acids is 1. The average molecular weight is 175 g/mol. The van der Waals surface area contributed by atoms with E-state index in [4.69, 9.17) is 5.73 Å². The molecule has 0 aromatic carbocycles. The third-order valence-corrected chi connectivity index (χ3v) is 1.74. The SMILES string of the molecule is CCCCC(C)C(O)OC(N)=O. The first-order chi connectivity index (χ1) is 5.57. The van der Waals surface area contributed by atoms with E-state index in [1.54, 1.807) is 0 Å². The zero-order valence-corrected chi connectivity index (χ0v) is 7.62. The molecule has 0 saturated carbocycles. The number of carbonyl (C=O) groups is 1. The summed E-state index contributed by atoms with van der Waals surface area (Å²) in [6, 6.07) is 0. The number of aliphatic hydroxyl groups excluding tert-OH is 1. The van der Waals surface area contributed by atoms with Crippen molar-refractivity contribution in [1.29, 1.82) is 0 Å². The second-order valence-corrected chi connectivity index (χ2v) is 2.95. The molecule has 0 aromatic heterocycles. The molecule has 0 aliphatic rings. The Morgan fingerprint density at radius 1 is 1.67 bits per heavy atom. The van der Waals surface area contributed by atoms with E-state index in [0.29, 0.717) is 0 Å². The van der Waals surface area contributed by atoms with Gasteiger partial charge in [-0.25, -0.2) is 4.79 Å². The highest BCUT2D eigenvalue weighted by atomic mass is 16.6. The maximum Gasteiger partial charge on any atom is 0.406 e. The zero-order valence-electron chi connectivity index (χ0n) is 7.62. The van der Waals surface area contributed by atoms with Crippen LogP contribution in [0.25, 0.3) is 0 Å². The zero-order chi connectivity index (χ0) is 9.56. The Bertz CT molecular complexity index is 138. The molecule has 0 aliphatic heterocycles. The third-order valence-electron chi connectivity index (χ3n) is 1.74. The number of nitrogens with two attached hydrogens (primary N) is 1. The van der Waals surface area contributed by atoms with E-state index in [-0.39, 0.29) is 5.92 Å². The van der Waals surface area contributed by atoms with Crippen LogP contribution in [0.4, 0.5) is 4.79 Å². The summed E-state index contributed by atoms with van der Waals surface area (Å²) in [6.45, 7) is 3.89. The van der Waals surface area contributed by atoms with Gasteiger partial charge in [-0.2, -0.15) is 0 Å². The molecule has 0 radical (unpaired) electrons. The molecule has 0 aliphatic carbocycles. The monoisotopic (exact) mass is 175 g/mol. The van der Waals surface area contributed by atoms with Gasteiger partial charge in [-0.15, -0.1) is 0 Å². The quantitative estimate of drug-likeness (QED) is 0.617. The number of rotatable bonds is 5. The Kier molecular flexibility index (Phi) is 5.45. The van der Waals surface area contributed by atoms with Crippen molar-refractivity contribution in [3.8, 4) is 0 Å². The van der Waals surface area contributed by atoms with E-state index in [2.05, 4.69) is 11.7 Å². The minimum Gasteiger partial charge on any atom is -0.420 e. The lowest BCUT2D eigenvalue weighted by Crippen LogP contribution is -2.27. The lowest BCUT2D eigenvalue weighted by atomic mass is 10.0. The molecular formula is C8H17NO3. The van der Waals surface area contributed by atoms with Crippen molar-refractivity contribution < 1.29 is 14.6 Å². The molecule has 0 fully saturated rings. The van der Waals surface area contributed by atoms with Crippen molar-refractivity contribution >= 4 is 6.09 Å². The molecule has 2 atom stereocenters. The topological polar surface area (TPSA) is 72.6 Å². The van der Waals surface area contributed by atoms with Crippen LogP contribution >= 0.6 is 0 Å². The molecule has 0 heterocycles. The lowest BCUT2D eigenvalue weighted by Gasteiger charge is -2.17. The summed E-state index contributed by atoms with van der Waals surface area (Å²) in [7, 11) is 0. The van der Waals surface area contributed by atoms with Gasteiger partial charge in [-0.3, -0.25) is 0 Å². The summed E-state index contributed by atoms with van der Waals surface area (Å²) in [5.74, 6) is -0.0440. The molecule has 0 saturated heterocycles. The summed E-state index contributed by atoms with van der Waals surface area (Å²) in [4.78, 5) is 10.2. The van der Waals surface area contributed by atoms with Crippen molar-refractivity contribution in [2.45, 2.75) is 39.4 Å². The lowest BCUT2D eigenvalue weighted by molar-refractivity contribution is -0.0852. The van der Waals surface area contributed by atoms with Gasteiger partial charge in [0.25, 0.3) is 0 Å². The van der Waals surface area contributed by atoms with Crippen LogP contribution in [0.5, 0.6) is 0 Å². The fraction of sp³-hybridized carbons (Fsp3) is 0.875. The second kappa shape index (κ2) is 5.83. The number of hydrogen-bond donors (Lipinski definition) is 2. The molecule has 4 nitrogen and oxygen atoms in total. The number of ether oxygens (including phenoxy) is 1. The minimum atomic E-state index is -1.06. The molecule has 0 rings (SSSR count). The Morgan fingerprint density at radius 3 is 2.67 bits per heavy atom. The summed E-state index contributed by atoms with van der Waals surface area (Å²) >= 11 is 0. The Labute approximate surface area is 72.7 Å². The maximum absolute atomic E-state index is 10.2. The van der Waals surface area contributed by atoms with Gasteiger partial charge in [0.15, 0.2) is 0 Å². The third kappa shape index (κ3) is 4.96. The largest absolute Gasteiger partial charge is 0.420 e. The molecular weight excluding hydrogens is 158 g/mol. The van der Waals surface area contributed by atoms with Crippen LogP contribution in [0.2, 0.25) is 0 Å². The highest BCUT2D eigenvalue weighted by Crippen LogP contribution is 2.12. The van der Waals surface area contributed by atoms with Crippen LogP contribution in [0.15, 0.2) is 0 Å². The number of primary amides is 1. The molecule has 0 bridgehead atoms. The molecule has 4 heteroatoms. The standard InChI is InChI=1S/C8H17NO3/c1-3-4-5-6(2)7(10)12-8(9)11/h6-7,10H,3-5H2,1-2H3,(H2,9,11). The van der Waals surface area contributed by atoms with Crippen LogP contribution < -0.4 is 5.73 Å². The first-order valence-corrected chi connectivity index (χ1v) is 4.22. The Balaban J connectivity index is 3.60. The molecule has 3 N–H and O–H groups in total. The molecule has 0 spiro atoms. The number of amides is 1. The number of hydrogen-bond acceptors (Lipinski definition) is 3. The fourth-order valence-electron chi connectivity index (χ4n) is 0.904. The summed E-state index contributed by atoms with van der Waals surface area (Å²) in [5, 5.41) is 9.19. The van der Waals surface area contributed by atoms with Crippen LogP contribution in [-0.4, -0.2) is 17.5 Å². The number of aliphatic hydroxyl groups is 1. The van der Waals surface area contributed by atoms with Crippen molar-refractivity contribution in [2.24, 2.45) is 11.7 Å². The maximum atomic E-state index is 10.2. The molecule has 0 aromatic rings. The highest BCUT2D eigenvalue weighted by Gasteiger charge is 2.16. The van der Waals surface area contributed by atoms with Crippen LogP contribution in [0.1, 0.15) is 33.1 Å². The van der Waals surface area contributed by atoms with Gasteiger partial charge in [0.2, 0.25) is 6.29 Å². The van der Waals surface area contributed by atoms with Gasteiger partial charge in [0, 0.05) is 5.92 Å². The Morgan fingerprint density at radius 2 is 2.25 bits per heavy atom. The second-order valence-electron chi connectivity index (χ2n) is 2.95. The summed E-state index contributed by atoms with van der Waals surface area (Å²) in [5.41, 5.74) is 4.74. The van der Waals surface area contributed by atoms with E-state index in [9.17, 15) is 9.90 Å². The van der Waals surface area contributed by atoms with E-state index < -0.39 is 12.4 Å². The van der Waals surface area contributed by atoms with E-state index in [1.807, 2.05) is 6.92 Å². The predicted molar refractivity (Wildman–Crippen MR) is 45.4 cm³/mol. The Hall–Kier alpha value is -0.770. The number of unbranched alkanes of at least 4 members (excludes halogenated alkanes) is 1. The smallest absolute Gasteiger partial charge is 0.406 e. The fourth-order valence-corrected chi connectivity index (χ4v) is 0.904. The predicted octanol–water partition coefficient (Wildman–Crippen LogP) is 1.23. The van der Waals surface area contributed by atoms with Gasteiger partial charge in [-0.05, 0) is 6.42 Å². The van der Waals surface area contributed by atoms with Gasteiger partial charge >= 0.3 is 6.09 Å². The minimum absolute atomic E-state index is 0.0440. The van der Waals surface area contributed by atoms with Crippen molar-refractivity contribution in [2.75, 3.05) is 0 Å². The normalized spacial score (nSPS) is 15.2. The summed E-state index contributed by atoms with van der Waals surface area (Å²) in [6.07, 6.45) is 0.929. The van der Waals surface area contributed by atoms with Crippen molar-refractivity contribution in [1.82, 2.24) is 0 Å². The molecule has 2 unspecified atom stereocenters. The highest BCUT2D eigenvalue weighted by molar-refractivity contribution is 5.64. The van der Waals surface area contributed by atoms with Gasteiger partial charge in [-0.1, -0.05) is 26.7 Å². The first-order valence-electron chi connectivity index (χ1n) is 4.22. The van der Waals surface area contributed by atoms with E-state index in [0.717, 1.165) is 19.3 Å². The van der Waals surface area contributed by atoms with E-state index >= 15 is 0 Å². The van der Waals surface area contributed by atoms with Gasteiger partial charge in [0.1, 0.15) is 0 Å². The van der Waals surface area contributed by atoms with Crippen molar-refractivity contribution in [3.05, 3.63) is 0 Å². The van der Waals surface area contributed by atoms with Crippen LogP contribution in [0.3, 0.4) is 0 Å². The summed E-state index contributed by atoms with van der Waals surface area (Å²) < 4.78 is 4.40. The van der Waals surface area contributed by atoms with Crippen molar-refractivity contribution in [3.63, 3.8) is 0 Å².